The minimum Gasteiger partial charge on any atom is -0.458 e. The van der Waals surface area contributed by atoms with E-state index in [1.54, 1.807) is 25.1 Å². The summed E-state index contributed by atoms with van der Waals surface area (Å²) >= 11 is 0. The molecular formula is C22H22FNO5. The molecule has 1 N–H and O–H groups in total. The first-order valence-electron chi connectivity index (χ1n) is 9.91. The van der Waals surface area contributed by atoms with Crippen molar-refractivity contribution in [2.45, 2.75) is 50.4 Å². The maximum atomic E-state index is 14.3. The Morgan fingerprint density at radius 1 is 1.24 bits per heavy atom. The zero-order chi connectivity index (χ0) is 20.6. The van der Waals surface area contributed by atoms with Gasteiger partial charge in [0.25, 0.3) is 0 Å². The van der Waals surface area contributed by atoms with Gasteiger partial charge in [-0.2, -0.15) is 0 Å². The number of rotatable bonds is 1. The number of carbonyl (C=O) groups is 2. The third-order valence-corrected chi connectivity index (χ3v) is 7.54. The van der Waals surface area contributed by atoms with Crippen molar-refractivity contribution in [2.75, 3.05) is 0 Å². The Labute approximate surface area is 167 Å². The van der Waals surface area contributed by atoms with E-state index < -0.39 is 40.4 Å². The molecule has 152 valence electrons. The van der Waals surface area contributed by atoms with Crippen molar-refractivity contribution in [3.63, 3.8) is 0 Å². The zero-order valence-electron chi connectivity index (χ0n) is 16.2. The molecule has 4 aliphatic rings. The molecule has 6 atom stereocenters. The van der Waals surface area contributed by atoms with Crippen molar-refractivity contribution in [3.05, 3.63) is 47.8 Å². The van der Waals surface area contributed by atoms with Gasteiger partial charge in [-0.15, -0.1) is 0 Å². The standard InChI is InChI=1S/C22H22FNO5/c1-12-7-8-14-18(20(2)17(25)9-10-22(12,20)27)28-19(26)21(14)11-16(24-29-21)13-5-3-4-6-15(13)23/h3-6,9-10,12,14,18,27H,7-8,11H2,1-2H3/t12-,14+,18+,20-,21-,22+/m0/s1. The molecule has 5 rings (SSSR count). The Balaban J connectivity index is 1.55. The fourth-order valence-corrected chi connectivity index (χ4v) is 5.64. The predicted molar refractivity (Wildman–Crippen MR) is 100 cm³/mol. The van der Waals surface area contributed by atoms with Gasteiger partial charge in [-0.3, -0.25) is 4.79 Å². The molecule has 0 radical (unpaired) electrons. The van der Waals surface area contributed by atoms with Crippen LogP contribution in [0.2, 0.25) is 0 Å². The molecule has 7 heteroatoms. The maximum Gasteiger partial charge on any atom is 0.354 e. The van der Waals surface area contributed by atoms with Crippen molar-refractivity contribution >= 4 is 17.5 Å². The first-order chi connectivity index (χ1) is 13.7. The van der Waals surface area contributed by atoms with Crippen LogP contribution in [0.3, 0.4) is 0 Å². The highest BCUT2D eigenvalue weighted by atomic mass is 19.1. The van der Waals surface area contributed by atoms with Crippen LogP contribution in [0, 0.1) is 23.1 Å². The third-order valence-electron chi connectivity index (χ3n) is 7.54. The maximum absolute atomic E-state index is 14.3. The number of carbonyl (C=O) groups excluding carboxylic acids is 2. The number of benzene rings is 1. The molecule has 1 saturated heterocycles. The minimum atomic E-state index is -1.40. The second-order valence-corrected chi connectivity index (χ2v) is 8.81. The molecule has 0 unspecified atom stereocenters. The minimum absolute atomic E-state index is 0.0679. The molecule has 29 heavy (non-hydrogen) atoms. The summed E-state index contributed by atoms with van der Waals surface area (Å²) in [5.41, 5.74) is -3.47. The second-order valence-electron chi connectivity index (χ2n) is 8.81. The molecule has 1 aromatic carbocycles. The monoisotopic (exact) mass is 399 g/mol. The molecule has 1 saturated carbocycles. The van der Waals surface area contributed by atoms with Crippen LogP contribution in [-0.4, -0.2) is 39.9 Å². The molecule has 1 spiro atoms. The van der Waals surface area contributed by atoms with E-state index in [0.29, 0.717) is 18.6 Å². The van der Waals surface area contributed by atoms with E-state index in [0.717, 1.165) is 0 Å². The van der Waals surface area contributed by atoms with Gasteiger partial charge in [0.2, 0.25) is 5.60 Å². The summed E-state index contributed by atoms with van der Waals surface area (Å²) in [6.07, 6.45) is 3.26. The number of allylic oxidation sites excluding steroid dienone is 1. The average molecular weight is 399 g/mol. The van der Waals surface area contributed by atoms with E-state index in [2.05, 4.69) is 5.16 Å². The fraction of sp³-hybridized carbons (Fsp3) is 0.500. The Morgan fingerprint density at radius 2 is 2.00 bits per heavy atom. The summed E-state index contributed by atoms with van der Waals surface area (Å²) in [5, 5.41) is 15.5. The van der Waals surface area contributed by atoms with Crippen LogP contribution in [0.15, 0.2) is 41.6 Å². The topological polar surface area (TPSA) is 85.2 Å². The molecule has 2 fully saturated rings. The first kappa shape index (κ1) is 18.5. The lowest BCUT2D eigenvalue weighted by Gasteiger charge is -2.43. The van der Waals surface area contributed by atoms with Gasteiger partial charge < -0.3 is 14.7 Å². The normalized spacial score (nSPS) is 42.9. The second kappa shape index (κ2) is 5.75. The number of esters is 1. The van der Waals surface area contributed by atoms with Crippen molar-refractivity contribution in [3.8, 4) is 0 Å². The van der Waals surface area contributed by atoms with E-state index in [4.69, 9.17) is 9.57 Å². The number of hydrogen-bond donors (Lipinski definition) is 1. The summed E-state index contributed by atoms with van der Waals surface area (Å²) in [5.74, 6) is -2.00. The van der Waals surface area contributed by atoms with E-state index in [-0.39, 0.29) is 23.7 Å². The SMILES string of the molecule is C[C@H]1CC[C@@H]2[C@@H](OC(=O)[C@]23CC(c2ccccc2F)=NO3)[C@]2(C)C(=O)C=C[C@@]12O. The van der Waals surface area contributed by atoms with E-state index in [1.165, 1.54) is 18.2 Å². The molecule has 0 amide bonds. The number of oxime groups is 1. The van der Waals surface area contributed by atoms with Crippen molar-refractivity contribution in [1.29, 1.82) is 0 Å². The van der Waals surface area contributed by atoms with Crippen LogP contribution in [0.5, 0.6) is 0 Å². The van der Waals surface area contributed by atoms with Crippen LogP contribution in [-0.2, 0) is 19.2 Å². The molecule has 2 aliphatic heterocycles. The molecule has 2 heterocycles. The van der Waals surface area contributed by atoms with Crippen molar-refractivity contribution in [2.24, 2.45) is 22.4 Å². The Kier molecular flexibility index (Phi) is 3.67. The molecule has 0 bridgehead atoms. The van der Waals surface area contributed by atoms with Gasteiger partial charge in [-0.25, -0.2) is 9.18 Å². The number of ether oxygens (including phenoxy) is 1. The van der Waals surface area contributed by atoms with Crippen LogP contribution in [0.1, 0.15) is 38.7 Å². The highest BCUT2D eigenvalue weighted by Gasteiger charge is 2.73. The smallest absolute Gasteiger partial charge is 0.354 e. The molecule has 1 aromatic rings. The van der Waals surface area contributed by atoms with E-state index in [1.807, 2.05) is 6.92 Å². The van der Waals surface area contributed by atoms with Crippen LogP contribution in [0.4, 0.5) is 4.39 Å². The number of hydrogen-bond acceptors (Lipinski definition) is 6. The van der Waals surface area contributed by atoms with E-state index in [9.17, 15) is 19.1 Å². The summed E-state index contributed by atoms with van der Waals surface area (Å²) < 4.78 is 20.0. The Bertz CT molecular complexity index is 989. The van der Waals surface area contributed by atoms with Crippen molar-refractivity contribution in [1.82, 2.24) is 0 Å². The average Bonchev–Trinajstić information content (AvgIpc) is 3.31. The highest BCUT2D eigenvalue weighted by Crippen LogP contribution is 2.59. The van der Waals surface area contributed by atoms with Crippen molar-refractivity contribution < 1.29 is 28.7 Å². The first-order valence-corrected chi connectivity index (χ1v) is 9.91. The summed E-state index contributed by atoms with van der Waals surface area (Å²) in [6, 6.07) is 6.20. The fourth-order valence-electron chi connectivity index (χ4n) is 5.64. The van der Waals surface area contributed by atoms with Gasteiger partial charge >= 0.3 is 5.97 Å². The van der Waals surface area contributed by atoms with Crippen LogP contribution in [0.25, 0.3) is 0 Å². The third kappa shape index (κ3) is 2.11. The molecule has 0 aromatic heterocycles. The lowest BCUT2D eigenvalue weighted by atomic mass is 9.63. The number of fused-ring (bicyclic) bond motifs is 4. The van der Waals surface area contributed by atoms with Gasteiger partial charge in [0.1, 0.15) is 22.9 Å². The lowest BCUT2D eigenvalue weighted by Crippen LogP contribution is -2.57. The molecule has 2 aliphatic carbocycles. The molecule has 6 nitrogen and oxygen atoms in total. The number of ketones is 1. The quantitative estimate of drug-likeness (QED) is 0.734. The van der Waals surface area contributed by atoms with Gasteiger partial charge in [-0.05, 0) is 43.9 Å². The highest BCUT2D eigenvalue weighted by molar-refractivity contribution is 6.06. The Hall–Kier alpha value is -2.54. The number of aliphatic hydroxyl groups is 1. The predicted octanol–water partition coefficient (Wildman–Crippen LogP) is 2.54. The summed E-state index contributed by atoms with van der Waals surface area (Å²) in [4.78, 5) is 31.6. The lowest BCUT2D eigenvalue weighted by molar-refractivity contribution is -0.169. The zero-order valence-corrected chi connectivity index (χ0v) is 16.2. The summed E-state index contributed by atoms with van der Waals surface area (Å²) in [6.45, 7) is 3.56. The van der Waals surface area contributed by atoms with Gasteiger partial charge in [0.15, 0.2) is 5.78 Å². The van der Waals surface area contributed by atoms with Crippen LogP contribution >= 0.6 is 0 Å². The number of nitrogens with zero attached hydrogens (tertiary/aromatic N) is 1. The number of halogens is 1. The Morgan fingerprint density at radius 3 is 2.76 bits per heavy atom. The van der Waals surface area contributed by atoms with Gasteiger partial charge in [-0.1, -0.05) is 30.3 Å². The largest absolute Gasteiger partial charge is 0.458 e. The van der Waals surface area contributed by atoms with E-state index >= 15 is 0 Å². The van der Waals surface area contributed by atoms with Gasteiger partial charge in [0, 0.05) is 12.0 Å². The molecular weight excluding hydrogens is 377 g/mol. The van der Waals surface area contributed by atoms with Crippen LogP contribution < -0.4 is 0 Å². The van der Waals surface area contributed by atoms with Gasteiger partial charge in [0.05, 0.1) is 11.6 Å². The summed E-state index contributed by atoms with van der Waals surface area (Å²) in [7, 11) is 0.